The number of rotatable bonds is 8. The van der Waals surface area contributed by atoms with E-state index in [1.807, 2.05) is 12.1 Å². The maximum atomic E-state index is 13.8. The second-order valence-corrected chi connectivity index (χ2v) is 5.39. The van der Waals surface area contributed by atoms with Crippen LogP contribution in [0.25, 0.3) is 0 Å². The van der Waals surface area contributed by atoms with Crippen molar-refractivity contribution in [3.8, 4) is 0 Å². The molecule has 0 aliphatic carbocycles. The molecule has 0 aliphatic heterocycles. The Balaban J connectivity index is 2.66. The molecule has 1 aromatic rings. The summed E-state index contributed by atoms with van der Waals surface area (Å²) in [4.78, 5) is 0. The second kappa shape index (κ2) is 8.25. The fourth-order valence-electron chi connectivity index (χ4n) is 2.16. The van der Waals surface area contributed by atoms with Gasteiger partial charge in [0.25, 0.3) is 0 Å². The van der Waals surface area contributed by atoms with E-state index in [0.717, 1.165) is 37.9 Å². The summed E-state index contributed by atoms with van der Waals surface area (Å²) in [6.07, 6.45) is 3.32. The summed E-state index contributed by atoms with van der Waals surface area (Å²) in [5, 5.41) is 3.42. The van der Waals surface area contributed by atoms with Gasteiger partial charge in [0.1, 0.15) is 5.82 Å². The monoisotopic (exact) mass is 251 g/mol. The van der Waals surface area contributed by atoms with Gasteiger partial charge >= 0.3 is 0 Å². The fourth-order valence-corrected chi connectivity index (χ4v) is 2.16. The van der Waals surface area contributed by atoms with Crippen molar-refractivity contribution < 1.29 is 4.39 Å². The van der Waals surface area contributed by atoms with E-state index in [-0.39, 0.29) is 5.82 Å². The number of halogens is 1. The van der Waals surface area contributed by atoms with Crippen molar-refractivity contribution in [3.05, 3.63) is 35.6 Å². The molecule has 0 amide bonds. The lowest BCUT2D eigenvalue weighted by molar-refractivity contribution is 0.462. The summed E-state index contributed by atoms with van der Waals surface area (Å²) in [6.45, 7) is 8.48. The van der Waals surface area contributed by atoms with Crippen molar-refractivity contribution in [2.75, 3.05) is 13.1 Å². The minimum Gasteiger partial charge on any atom is -0.316 e. The summed E-state index contributed by atoms with van der Waals surface area (Å²) >= 11 is 0. The first-order valence-electron chi connectivity index (χ1n) is 7.10. The van der Waals surface area contributed by atoms with Crippen LogP contribution in [0.15, 0.2) is 24.3 Å². The van der Waals surface area contributed by atoms with Gasteiger partial charge < -0.3 is 5.32 Å². The highest BCUT2D eigenvalue weighted by Crippen LogP contribution is 2.25. The number of hydrogen-bond acceptors (Lipinski definition) is 1. The Kier molecular flexibility index (Phi) is 6.96. The van der Waals surface area contributed by atoms with Crippen LogP contribution in [-0.2, 0) is 0 Å². The van der Waals surface area contributed by atoms with Gasteiger partial charge in [0.05, 0.1) is 0 Å². The maximum Gasteiger partial charge on any atom is 0.126 e. The largest absolute Gasteiger partial charge is 0.316 e. The van der Waals surface area contributed by atoms with Crippen LogP contribution in [0.5, 0.6) is 0 Å². The molecule has 1 rings (SSSR count). The van der Waals surface area contributed by atoms with Crippen LogP contribution in [-0.4, -0.2) is 13.1 Å². The van der Waals surface area contributed by atoms with Gasteiger partial charge in [-0.1, -0.05) is 45.4 Å². The number of hydrogen-bond donors (Lipinski definition) is 1. The Morgan fingerprint density at radius 1 is 1.17 bits per heavy atom. The van der Waals surface area contributed by atoms with E-state index < -0.39 is 0 Å². The molecule has 0 aromatic heterocycles. The summed E-state index contributed by atoms with van der Waals surface area (Å²) < 4.78 is 13.8. The molecule has 1 aromatic carbocycles. The van der Waals surface area contributed by atoms with Crippen LogP contribution in [0.2, 0.25) is 0 Å². The SMILES string of the molecule is CCCNCC(CCC(C)C)c1ccccc1F. The smallest absolute Gasteiger partial charge is 0.126 e. The number of benzene rings is 1. The predicted molar refractivity (Wildman–Crippen MR) is 76.4 cm³/mol. The minimum atomic E-state index is -0.0652. The molecule has 1 atom stereocenters. The molecule has 0 spiro atoms. The topological polar surface area (TPSA) is 12.0 Å². The highest BCUT2D eigenvalue weighted by Gasteiger charge is 2.15. The van der Waals surface area contributed by atoms with Crippen LogP contribution in [0.4, 0.5) is 4.39 Å². The molecular formula is C16H26FN. The maximum absolute atomic E-state index is 13.8. The first kappa shape index (κ1) is 15.2. The molecule has 0 bridgehead atoms. The lowest BCUT2D eigenvalue weighted by Gasteiger charge is -2.19. The molecule has 0 aliphatic rings. The molecule has 1 N–H and O–H groups in total. The Morgan fingerprint density at radius 3 is 2.50 bits per heavy atom. The van der Waals surface area contributed by atoms with Crippen molar-refractivity contribution in [1.29, 1.82) is 0 Å². The van der Waals surface area contributed by atoms with E-state index in [0.29, 0.717) is 11.8 Å². The molecule has 0 fully saturated rings. The Bertz CT molecular complexity index is 336. The van der Waals surface area contributed by atoms with Gasteiger partial charge in [0.15, 0.2) is 0 Å². The Labute approximate surface area is 111 Å². The third kappa shape index (κ3) is 5.18. The molecule has 0 radical (unpaired) electrons. The lowest BCUT2D eigenvalue weighted by Crippen LogP contribution is -2.23. The molecular weight excluding hydrogens is 225 g/mol. The summed E-state index contributed by atoms with van der Waals surface area (Å²) in [5.74, 6) is 0.898. The minimum absolute atomic E-state index is 0.0652. The van der Waals surface area contributed by atoms with Crippen molar-refractivity contribution >= 4 is 0 Å². The molecule has 0 saturated heterocycles. The predicted octanol–water partition coefficient (Wildman–Crippen LogP) is 4.35. The van der Waals surface area contributed by atoms with E-state index in [2.05, 4.69) is 26.1 Å². The summed E-state index contributed by atoms with van der Waals surface area (Å²) in [7, 11) is 0. The van der Waals surface area contributed by atoms with Gasteiger partial charge in [0.2, 0.25) is 0 Å². The highest BCUT2D eigenvalue weighted by atomic mass is 19.1. The zero-order valence-corrected chi connectivity index (χ0v) is 11.9. The number of nitrogens with one attached hydrogen (secondary N) is 1. The summed E-state index contributed by atoms with van der Waals surface area (Å²) in [6, 6.07) is 7.18. The van der Waals surface area contributed by atoms with Gasteiger partial charge in [-0.05, 0) is 42.9 Å². The van der Waals surface area contributed by atoms with Crippen LogP contribution < -0.4 is 5.32 Å². The van der Waals surface area contributed by atoms with Gasteiger partial charge in [-0.25, -0.2) is 4.39 Å². The zero-order chi connectivity index (χ0) is 13.4. The molecule has 18 heavy (non-hydrogen) atoms. The molecule has 0 heterocycles. The van der Waals surface area contributed by atoms with E-state index in [1.165, 1.54) is 0 Å². The van der Waals surface area contributed by atoms with Crippen LogP contribution in [0.1, 0.15) is 51.5 Å². The van der Waals surface area contributed by atoms with Crippen molar-refractivity contribution in [1.82, 2.24) is 5.32 Å². The zero-order valence-electron chi connectivity index (χ0n) is 11.9. The highest BCUT2D eigenvalue weighted by molar-refractivity contribution is 5.22. The second-order valence-electron chi connectivity index (χ2n) is 5.39. The molecule has 1 unspecified atom stereocenters. The van der Waals surface area contributed by atoms with Crippen LogP contribution in [0, 0.1) is 11.7 Å². The summed E-state index contributed by atoms with van der Waals surface area (Å²) in [5.41, 5.74) is 0.863. The third-order valence-electron chi connectivity index (χ3n) is 3.26. The van der Waals surface area contributed by atoms with Gasteiger partial charge in [-0.15, -0.1) is 0 Å². The lowest BCUT2D eigenvalue weighted by atomic mass is 9.91. The standard InChI is InChI=1S/C16H26FN/c1-4-11-18-12-14(10-9-13(2)3)15-7-5-6-8-16(15)17/h5-8,13-14,18H,4,9-12H2,1-3H3. The molecule has 1 nitrogen and oxygen atoms in total. The van der Waals surface area contributed by atoms with Crippen LogP contribution in [0.3, 0.4) is 0 Å². The quantitative estimate of drug-likeness (QED) is 0.677. The van der Waals surface area contributed by atoms with Crippen molar-refractivity contribution in [3.63, 3.8) is 0 Å². The first-order valence-corrected chi connectivity index (χ1v) is 7.10. The third-order valence-corrected chi connectivity index (χ3v) is 3.26. The average Bonchev–Trinajstić information content (AvgIpc) is 2.34. The van der Waals surface area contributed by atoms with E-state index in [1.54, 1.807) is 12.1 Å². The van der Waals surface area contributed by atoms with Crippen molar-refractivity contribution in [2.45, 2.75) is 46.0 Å². The van der Waals surface area contributed by atoms with Crippen molar-refractivity contribution in [2.24, 2.45) is 5.92 Å². The van der Waals surface area contributed by atoms with E-state index >= 15 is 0 Å². The molecule has 2 heteroatoms. The van der Waals surface area contributed by atoms with E-state index in [9.17, 15) is 4.39 Å². The molecule has 0 saturated carbocycles. The fraction of sp³-hybridized carbons (Fsp3) is 0.625. The Hall–Kier alpha value is -0.890. The van der Waals surface area contributed by atoms with Crippen LogP contribution >= 0.6 is 0 Å². The normalized spacial score (nSPS) is 12.9. The molecule has 102 valence electrons. The van der Waals surface area contributed by atoms with Gasteiger partial charge in [-0.2, -0.15) is 0 Å². The van der Waals surface area contributed by atoms with E-state index in [4.69, 9.17) is 0 Å². The first-order chi connectivity index (χ1) is 8.65. The van der Waals surface area contributed by atoms with Gasteiger partial charge in [0, 0.05) is 6.54 Å². The van der Waals surface area contributed by atoms with Gasteiger partial charge in [-0.3, -0.25) is 0 Å². The average molecular weight is 251 g/mol. The Morgan fingerprint density at radius 2 is 1.89 bits per heavy atom.